The molecular weight excluding hydrogens is 162 g/mol. The molecule has 0 saturated carbocycles. The topological polar surface area (TPSA) is 40.7 Å². The quantitative estimate of drug-likeness (QED) is 0.661. The number of halogens is 1. The van der Waals surface area contributed by atoms with E-state index in [2.05, 4.69) is 15.3 Å². The summed E-state index contributed by atoms with van der Waals surface area (Å²) >= 11 is 5.68. The Hall–Kier alpha value is -0.540. The molecule has 0 aliphatic carbocycles. The van der Waals surface area contributed by atoms with E-state index in [1.165, 1.54) is 0 Å². The number of likely N-dealkylation sites (N-methyl/N-ethyl adjacent to an activating group) is 1. The lowest BCUT2D eigenvalue weighted by Crippen LogP contribution is -2.29. The van der Waals surface area contributed by atoms with Crippen LogP contribution in [0.15, 0.2) is 12.5 Å². The van der Waals surface area contributed by atoms with Crippen LogP contribution in [-0.4, -0.2) is 28.9 Å². The Morgan fingerprint density at radius 1 is 1.82 bits per heavy atom. The third-order valence-corrected chi connectivity index (χ3v) is 1.98. The van der Waals surface area contributed by atoms with E-state index in [0.29, 0.717) is 11.9 Å². The van der Waals surface area contributed by atoms with Gasteiger partial charge >= 0.3 is 0 Å². The fourth-order valence-electron chi connectivity index (χ4n) is 0.889. The molecule has 1 aromatic rings. The SMILES string of the molecule is CNC(CCl)Cc1c[nH]cn1. The molecule has 1 rings (SSSR count). The van der Waals surface area contributed by atoms with E-state index in [4.69, 9.17) is 11.6 Å². The van der Waals surface area contributed by atoms with Crippen LogP contribution in [0.1, 0.15) is 5.69 Å². The van der Waals surface area contributed by atoms with Gasteiger partial charge in [0.2, 0.25) is 0 Å². The summed E-state index contributed by atoms with van der Waals surface area (Å²) in [7, 11) is 1.90. The highest BCUT2D eigenvalue weighted by molar-refractivity contribution is 6.18. The van der Waals surface area contributed by atoms with Crippen LogP contribution in [0.5, 0.6) is 0 Å². The fourth-order valence-corrected chi connectivity index (χ4v) is 1.15. The summed E-state index contributed by atoms with van der Waals surface area (Å²) in [6.07, 6.45) is 4.44. The Bertz CT molecular complexity index is 182. The first-order valence-corrected chi connectivity index (χ1v) is 4.11. The molecule has 2 N–H and O–H groups in total. The first kappa shape index (κ1) is 8.56. The number of aromatic amines is 1. The van der Waals surface area contributed by atoms with Crippen molar-refractivity contribution < 1.29 is 0 Å². The maximum absolute atomic E-state index is 5.68. The highest BCUT2D eigenvalue weighted by Crippen LogP contribution is 1.98. The van der Waals surface area contributed by atoms with Gasteiger partial charge in [0.05, 0.1) is 12.0 Å². The maximum Gasteiger partial charge on any atom is 0.0923 e. The van der Waals surface area contributed by atoms with E-state index < -0.39 is 0 Å². The second kappa shape index (κ2) is 4.36. The van der Waals surface area contributed by atoms with Crippen LogP contribution < -0.4 is 5.32 Å². The molecule has 0 spiro atoms. The molecule has 0 bridgehead atoms. The van der Waals surface area contributed by atoms with Gasteiger partial charge in [-0.25, -0.2) is 4.98 Å². The summed E-state index contributed by atoms with van der Waals surface area (Å²) in [5.41, 5.74) is 1.05. The second-order valence-electron chi connectivity index (χ2n) is 2.40. The minimum atomic E-state index is 0.319. The third kappa shape index (κ3) is 2.52. The highest BCUT2D eigenvalue weighted by atomic mass is 35.5. The Labute approximate surface area is 71.2 Å². The highest BCUT2D eigenvalue weighted by Gasteiger charge is 2.05. The largest absolute Gasteiger partial charge is 0.351 e. The lowest BCUT2D eigenvalue weighted by Gasteiger charge is -2.09. The summed E-state index contributed by atoms with van der Waals surface area (Å²) in [6, 6.07) is 0.319. The molecule has 62 valence electrons. The van der Waals surface area contributed by atoms with Gasteiger partial charge < -0.3 is 10.3 Å². The summed E-state index contributed by atoms with van der Waals surface area (Å²) in [6.45, 7) is 0. The number of nitrogens with one attached hydrogen (secondary N) is 2. The predicted octanol–water partition coefficient (Wildman–Crippen LogP) is 0.779. The molecule has 0 radical (unpaired) electrons. The Kier molecular flexibility index (Phi) is 3.39. The molecule has 1 aromatic heterocycles. The molecule has 0 aliphatic rings. The molecule has 1 unspecified atom stereocenters. The van der Waals surface area contributed by atoms with E-state index in [1.54, 1.807) is 6.33 Å². The van der Waals surface area contributed by atoms with Crippen LogP contribution in [0, 0.1) is 0 Å². The lowest BCUT2D eigenvalue weighted by atomic mass is 10.2. The van der Waals surface area contributed by atoms with Crippen molar-refractivity contribution in [3.8, 4) is 0 Å². The minimum Gasteiger partial charge on any atom is -0.351 e. The zero-order chi connectivity index (χ0) is 8.10. The van der Waals surface area contributed by atoms with Crippen molar-refractivity contribution in [2.45, 2.75) is 12.5 Å². The molecule has 11 heavy (non-hydrogen) atoms. The van der Waals surface area contributed by atoms with Gasteiger partial charge in [0.15, 0.2) is 0 Å². The van der Waals surface area contributed by atoms with Gasteiger partial charge in [0.25, 0.3) is 0 Å². The summed E-state index contributed by atoms with van der Waals surface area (Å²) < 4.78 is 0. The van der Waals surface area contributed by atoms with Crippen molar-refractivity contribution in [2.24, 2.45) is 0 Å². The second-order valence-corrected chi connectivity index (χ2v) is 2.71. The van der Waals surface area contributed by atoms with Crippen molar-refractivity contribution in [3.63, 3.8) is 0 Å². The lowest BCUT2D eigenvalue weighted by molar-refractivity contribution is 0.607. The number of aromatic nitrogens is 2. The number of rotatable bonds is 4. The number of nitrogens with zero attached hydrogens (tertiary/aromatic N) is 1. The van der Waals surface area contributed by atoms with Gasteiger partial charge in [-0.1, -0.05) is 0 Å². The van der Waals surface area contributed by atoms with Crippen LogP contribution in [0.25, 0.3) is 0 Å². The van der Waals surface area contributed by atoms with Crippen LogP contribution in [0.2, 0.25) is 0 Å². The van der Waals surface area contributed by atoms with Gasteiger partial charge in [-0.2, -0.15) is 0 Å². The zero-order valence-electron chi connectivity index (χ0n) is 6.47. The molecule has 0 saturated heterocycles. The number of alkyl halides is 1. The average Bonchev–Trinajstić information content (AvgIpc) is 2.52. The maximum atomic E-state index is 5.68. The zero-order valence-corrected chi connectivity index (χ0v) is 7.23. The normalized spacial score (nSPS) is 13.3. The van der Waals surface area contributed by atoms with E-state index in [1.807, 2.05) is 13.2 Å². The average molecular weight is 174 g/mol. The van der Waals surface area contributed by atoms with E-state index >= 15 is 0 Å². The first-order valence-electron chi connectivity index (χ1n) is 3.57. The van der Waals surface area contributed by atoms with Gasteiger partial charge in [0, 0.05) is 24.5 Å². The van der Waals surface area contributed by atoms with Crippen molar-refractivity contribution >= 4 is 11.6 Å². The van der Waals surface area contributed by atoms with Crippen molar-refractivity contribution in [3.05, 3.63) is 18.2 Å². The van der Waals surface area contributed by atoms with Crippen molar-refractivity contribution in [2.75, 3.05) is 12.9 Å². The number of hydrogen-bond acceptors (Lipinski definition) is 2. The van der Waals surface area contributed by atoms with Crippen LogP contribution >= 0.6 is 11.6 Å². The van der Waals surface area contributed by atoms with Gasteiger partial charge in [-0.3, -0.25) is 0 Å². The first-order chi connectivity index (χ1) is 5.36. The summed E-state index contributed by atoms with van der Waals surface area (Å²) in [5.74, 6) is 0.614. The van der Waals surface area contributed by atoms with E-state index in [0.717, 1.165) is 12.1 Å². The number of hydrogen-bond donors (Lipinski definition) is 2. The molecule has 0 aliphatic heterocycles. The molecular formula is C7H12ClN3. The molecule has 0 fully saturated rings. The predicted molar refractivity (Wildman–Crippen MR) is 45.9 cm³/mol. The molecule has 4 heteroatoms. The van der Waals surface area contributed by atoms with Crippen LogP contribution in [0.4, 0.5) is 0 Å². The smallest absolute Gasteiger partial charge is 0.0923 e. The molecule has 1 heterocycles. The molecule has 0 amide bonds. The van der Waals surface area contributed by atoms with Crippen molar-refractivity contribution in [1.29, 1.82) is 0 Å². The summed E-state index contributed by atoms with van der Waals surface area (Å²) in [4.78, 5) is 7.00. The van der Waals surface area contributed by atoms with E-state index in [-0.39, 0.29) is 0 Å². The molecule has 1 atom stereocenters. The standard InChI is InChI=1S/C7H12ClN3/c1-9-6(3-8)2-7-4-10-5-11-7/h4-6,9H,2-3H2,1H3,(H,10,11). The van der Waals surface area contributed by atoms with Gasteiger partial charge in [-0.05, 0) is 7.05 Å². The fraction of sp³-hybridized carbons (Fsp3) is 0.571. The third-order valence-electron chi connectivity index (χ3n) is 1.60. The Morgan fingerprint density at radius 3 is 3.09 bits per heavy atom. The Balaban J connectivity index is 2.41. The molecule has 0 aromatic carbocycles. The van der Waals surface area contributed by atoms with Crippen molar-refractivity contribution in [1.82, 2.24) is 15.3 Å². The monoisotopic (exact) mass is 173 g/mol. The van der Waals surface area contributed by atoms with Crippen LogP contribution in [-0.2, 0) is 6.42 Å². The molecule has 3 nitrogen and oxygen atoms in total. The van der Waals surface area contributed by atoms with E-state index in [9.17, 15) is 0 Å². The number of H-pyrrole nitrogens is 1. The Morgan fingerprint density at radius 2 is 2.64 bits per heavy atom. The summed E-state index contributed by atoms with van der Waals surface area (Å²) in [5, 5.41) is 3.10. The van der Waals surface area contributed by atoms with Gasteiger partial charge in [-0.15, -0.1) is 11.6 Å². The minimum absolute atomic E-state index is 0.319. The van der Waals surface area contributed by atoms with Gasteiger partial charge in [0.1, 0.15) is 0 Å². The number of imidazole rings is 1. The van der Waals surface area contributed by atoms with Crippen LogP contribution in [0.3, 0.4) is 0 Å².